The number of amides is 1. The molecule has 0 atom stereocenters. The number of benzene rings is 3. The van der Waals surface area contributed by atoms with E-state index in [1.165, 1.54) is 31.6 Å². The Bertz CT molecular complexity index is 1460. The minimum absolute atomic E-state index is 0.00560. The topological polar surface area (TPSA) is 118 Å². The van der Waals surface area contributed by atoms with Gasteiger partial charge in [0, 0.05) is 10.9 Å². The molecule has 3 aromatic carbocycles. The highest BCUT2D eigenvalue weighted by Crippen LogP contribution is 2.30. The molecular formula is C25H24N2O6S. The number of methoxy groups -OCH3 is 1. The lowest BCUT2D eigenvalue weighted by Crippen LogP contribution is -2.16. The molecule has 9 heteroatoms. The van der Waals surface area contributed by atoms with Gasteiger partial charge in [0.2, 0.25) is 5.91 Å². The molecular weight excluding hydrogens is 456 g/mol. The number of aryl methyl sites for hydroxylation is 1. The summed E-state index contributed by atoms with van der Waals surface area (Å²) in [5.74, 6) is -0.323. The molecule has 3 N–H and O–H groups in total. The quantitative estimate of drug-likeness (QED) is 0.315. The summed E-state index contributed by atoms with van der Waals surface area (Å²) in [5, 5.41) is 13.6. The van der Waals surface area contributed by atoms with Crippen LogP contribution in [0.2, 0.25) is 0 Å². The van der Waals surface area contributed by atoms with E-state index in [9.17, 15) is 18.3 Å². The molecule has 0 aliphatic heterocycles. The van der Waals surface area contributed by atoms with Crippen LogP contribution >= 0.6 is 0 Å². The Labute approximate surface area is 197 Å². The van der Waals surface area contributed by atoms with Gasteiger partial charge in [-0.3, -0.25) is 9.52 Å². The molecule has 0 aliphatic carbocycles. The van der Waals surface area contributed by atoms with Gasteiger partial charge in [0.05, 0.1) is 36.1 Å². The lowest BCUT2D eigenvalue weighted by molar-refractivity contribution is -0.115. The Morgan fingerprint density at radius 2 is 1.85 bits per heavy atom. The van der Waals surface area contributed by atoms with Gasteiger partial charge in [-0.05, 0) is 48.4 Å². The highest BCUT2D eigenvalue weighted by molar-refractivity contribution is 7.92. The molecule has 1 aromatic heterocycles. The number of phenols is 1. The molecule has 0 saturated carbocycles. The molecule has 176 valence electrons. The maximum absolute atomic E-state index is 12.9. The first kappa shape index (κ1) is 23.2. The SMILES string of the molecule is CCc1ccc2c(CC(=O)Nc3cc(S(=O)(=O)Nc4ccccc4OC)ccc3O)coc2c1. The average Bonchev–Trinajstić information content (AvgIpc) is 3.22. The number of hydrogen-bond donors (Lipinski definition) is 3. The summed E-state index contributed by atoms with van der Waals surface area (Å²) in [7, 11) is -2.58. The number of phenolic OH excluding ortho intramolecular Hbond substituents is 1. The molecule has 8 nitrogen and oxygen atoms in total. The molecule has 1 heterocycles. The zero-order valence-corrected chi connectivity index (χ0v) is 19.5. The van der Waals surface area contributed by atoms with Crippen LogP contribution in [0.15, 0.2) is 76.2 Å². The monoisotopic (exact) mass is 480 g/mol. The van der Waals surface area contributed by atoms with Crippen LogP contribution in [0.5, 0.6) is 11.5 Å². The summed E-state index contributed by atoms with van der Waals surface area (Å²) in [6.07, 6.45) is 2.40. The number of hydrogen-bond acceptors (Lipinski definition) is 6. The summed E-state index contributed by atoms with van der Waals surface area (Å²) >= 11 is 0. The van der Waals surface area contributed by atoms with Gasteiger partial charge in [-0.1, -0.05) is 31.2 Å². The van der Waals surface area contributed by atoms with Gasteiger partial charge in [-0.25, -0.2) is 8.42 Å². The van der Waals surface area contributed by atoms with E-state index in [2.05, 4.69) is 10.0 Å². The molecule has 0 fully saturated rings. The Balaban J connectivity index is 1.53. The molecule has 0 aliphatic rings. The van der Waals surface area contributed by atoms with E-state index in [1.54, 1.807) is 24.3 Å². The average molecular weight is 481 g/mol. The third kappa shape index (κ3) is 4.84. The van der Waals surface area contributed by atoms with Gasteiger partial charge in [-0.2, -0.15) is 0 Å². The fraction of sp³-hybridized carbons (Fsp3) is 0.160. The lowest BCUT2D eigenvalue weighted by Gasteiger charge is -2.13. The maximum atomic E-state index is 12.9. The van der Waals surface area contributed by atoms with Crippen LogP contribution in [0.25, 0.3) is 11.0 Å². The normalized spacial score (nSPS) is 11.4. The minimum Gasteiger partial charge on any atom is -0.506 e. The molecule has 0 unspecified atom stereocenters. The van der Waals surface area contributed by atoms with E-state index < -0.39 is 15.9 Å². The van der Waals surface area contributed by atoms with E-state index in [4.69, 9.17) is 9.15 Å². The third-order valence-electron chi connectivity index (χ3n) is 5.38. The van der Waals surface area contributed by atoms with Gasteiger partial charge in [0.15, 0.2) is 0 Å². The summed E-state index contributed by atoms with van der Waals surface area (Å²) in [4.78, 5) is 12.6. The molecule has 0 spiro atoms. The first-order valence-electron chi connectivity index (χ1n) is 10.6. The van der Waals surface area contributed by atoms with E-state index in [-0.39, 0.29) is 28.4 Å². The van der Waals surface area contributed by atoms with Crippen molar-refractivity contribution >= 4 is 38.3 Å². The number of anilines is 2. The van der Waals surface area contributed by atoms with Crippen molar-refractivity contribution in [2.45, 2.75) is 24.7 Å². The Kier molecular flexibility index (Phi) is 6.47. The minimum atomic E-state index is -4.01. The van der Waals surface area contributed by atoms with Crippen molar-refractivity contribution in [3.05, 3.63) is 78.1 Å². The molecule has 34 heavy (non-hydrogen) atoms. The predicted octanol–water partition coefficient (Wildman–Crippen LogP) is 4.69. The number of sulfonamides is 1. The van der Waals surface area contributed by atoms with Crippen LogP contribution < -0.4 is 14.8 Å². The second-order valence-electron chi connectivity index (χ2n) is 7.65. The van der Waals surface area contributed by atoms with Crippen molar-refractivity contribution in [3.8, 4) is 11.5 Å². The molecule has 0 bridgehead atoms. The number of furan rings is 1. The third-order valence-corrected chi connectivity index (χ3v) is 6.75. The van der Waals surface area contributed by atoms with Crippen LogP contribution in [-0.2, 0) is 27.7 Å². The van der Waals surface area contributed by atoms with Crippen LogP contribution in [0, 0.1) is 0 Å². The van der Waals surface area contributed by atoms with Crippen LogP contribution in [0.4, 0.5) is 11.4 Å². The predicted molar refractivity (Wildman–Crippen MR) is 130 cm³/mol. The van der Waals surface area contributed by atoms with Crippen molar-refractivity contribution < 1.29 is 27.5 Å². The molecule has 0 saturated heterocycles. The van der Waals surface area contributed by atoms with E-state index in [0.717, 1.165) is 17.4 Å². The van der Waals surface area contributed by atoms with Crippen molar-refractivity contribution in [3.63, 3.8) is 0 Å². The Hall–Kier alpha value is -3.98. The van der Waals surface area contributed by atoms with Crippen molar-refractivity contribution in [1.29, 1.82) is 0 Å². The van der Waals surface area contributed by atoms with Gasteiger partial charge in [0.25, 0.3) is 10.0 Å². The highest BCUT2D eigenvalue weighted by Gasteiger charge is 2.19. The second-order valence-corrected chi connectivity index (χ2v) is 9.34. The summed E-state index contributed by atoms with van der Waals surface area (Å²) < 4.78 is 39.0. The molecule has 4 aromatic rings. The lowest BCUT2D eigenvalue weighted by atomic mass is 10.1. The molecule has 0 radical (unpaired) electrons. The fourth-order valence-corrected chi connectivity index (χ4v) is 4.66. The fourth-order valence-electron chi connectivity index (χ4n) is 3.57. The van der Waals surface area contributed by atoms with Gasteiger partial charge in [-0.15, -0.1) is 0 Å². The molecule has 4 rings (SSSR count). The Morgan fingerprint density at radius 1 is 1.06 bits per heavy atom. The molecule has 1 amide bonds. The summed E-state index contributed by atoms with van der Waals surface area (Å²) in [6, 6.07) is 16.1. The Morgan fingerprint density at radius 3 is 2.62 bits per heavy atom. The van der Waals surface area contributed by atoms with E-state index >= 15 is 0 Å². The van der Waals surface area contributed by atoms with Crippen LogP contribution in [0.3, 0.4) is 0 Å². The first-order chi connectivity index (χ1) is 16.3. The van der Waals surface area contributed by atoms with E-state index in [1.807, 2.05) is 25.1 Å². The smallest absolute Gasteiger partial charge is 0.262 e. The van der Waals surface area contributed by atoms with Gasteiger partial charge < -0.3 is 19.6 Å². The number of para-hydroxylation sites is 2. The highest BCUT2D eigenvalue weighted by atomic mass is 32.2. The van der Waals surface area contributed by atoms with E-state index in [0.29, 0.717) is 16.9 Å². The zero-order chi connectivity index (χ0) is 24.3. The number of carbonyl (C=O) groups is 1. The number of ether oxygens (including phenoxy) is 1. The number of carbonyl (C=O) groups excluding carboxylic acids is 1. The van der Waals surface area contributed by atoms with Crippen molar-refractivity contribution in [2.24, 2.45) is 0 Å². The van der Waals surface area contributed by atoms with Crippen LogP contribution in [0.1, 0.15) is 18.1 Å². The van der Waals surface area contributed by atoms with Gasteiger partial charge >= 0.3 is 0 Å². The number of nitrogens with one attached hydrogen (secondary N) is 2. The number of aromatic hydroxyl groups is 1. The number of fused-ring (bicyclic) bond motifs is 1. The summed E-state index contributed by atoms with van der Waals surface area (Å²) in [5.41, 5.74) is 2.76. The maximum Gasteiger partial charge on any atom is 0.262 e. The first-order valence-corrected chi connectivity index (χ1v) is 12.1. The zero-order valence-electron chi connectivity index (χ0n) is 18.7. The van der Waals surface area contributed by atoms with Crippen molar-refractivity contribution in [1.82, 2.24) is 0 Å². The largest absolute Gasteiger partial charge is 0.506 e. The van der Waals surface area contributed by atoms with Crippen LogP contribution in [-0.4, -0.2) is 26.5 Å². The number of rotatable bonds is 8. The van der Waals surface area contributed by atoms with Crippen molar-refractivity contribution in [2.75, 3.05) is 17.1 Å². The second kappa shape index (κ2) is 9.48. The standard InChI is InChI=1S/C25H24N2O6S/c1-3-16-8-10-19-17(15-33-24(19)12-16)13-25(29)26-21-14-18(9-11-22(21)28)34(30,31)27-20-6-4-5-7-23(20)32-2/h4-12,14-15,27-28H,3,13H2,1-2H3,(H,26,29). The summed E-state index contributed by atoms with van der Waals surface area (Å²) in [6.45, 7) is 2.05. The van der Waals surface area contributed by atoms with Gasteiger partial charge in [0.1, 0.15) is 17.1 Å².